The van der Waals surface area contributed by atoms with Crippen LogP contribution in [0.4, 0.5) is 0 Å². The molecule has 1 fully saturated rings. The molecule has 1 saturated heterocycles. The second-order valence-electron chi connectivity index (χ2n) is 6.60. The van der Waals surface area contributed by atoms with Crippen molar-refractivity contribution in [3.05, 3.63) is 0 Å². The largest absolute Gasteiger partial charge is 0.356 e. The minimum atomic E-state index is -3.30. The van der Waals surface area contributed by atoms with Crippen LogP contribution in [-0.2, 0) is 14.8 Å². The lowest BCUT2D eigenvalue weighted by Gasteiger charge is -2.23. The highest BCUT2D eigenvalue weighted by molar-refractivity contribution is 14.0. The third-order valence-electron chi connectivity index (χ3n) is 3.76. The van der Waals surface area contributed by atoms with Gasteiger partial charge in [-0.1, -0.05) is 20.8 Å². The molecular weight excluding hydrogens is 457 g/mol. The summed E-state index contributed by atoms with van der Waals surface area (Å²) in [7, 11) is 0.0748. The molecule has 0 radical (unpaired) electrons. The van der Waals surface area contributed by atoms with Crippen molar-refractivity contribution in [3.63, 3.8) is 0 Å². The third-order valence-corrected chi connectivity index (χ3v) is 5.71. The molecule has 1 rings (SSSR count). The molecule has 1 heterocycles. The molecule has 0 spiro atoms. The van der Waals surface area contributed by atoms with Crippen LogP contribution in [0.3, 0.4) is 0 Å². The van der Waals surface area contributed by atoms with Crippen LogP contribution in [0.15, 0.2) is 4.99 Å². The van der Waals surface area contributed by atoms with Crippen LogP contribution in [0, 0.1) is 5.92 Å². The van der Waals surface area contributed by atoms with Crippen molar-refractivity contribution in [2.24, 2.45) is 10.9 Å². The summed E-state index contributed by atoms with van der Waals surface area (Å²) < 4.78 is 26.9. The highest BCUT2D eigenvalue weighted by Crippen LogP contribution is 2.16. The van der Waals surface area contributed by atoms with Gasteiger partial charge in [0.2, 0.25) is 15.9 Å². The number of sulfonamides is 1. The highest BCUT2D eigenvalue weighted by atomic mass is 127. The summed E-state index contributed by atoms with van der Waals surface area (Å²) in [5, 5.41) is 2.80. The van der Waals surface area contributed by atoms with Crippen molar-refractivity contribution in [1.29, 1.82) is 0 Å². The zero-order valence-corrected chi connectivity index (χ0v) is 18.9. The molecule has 0 aromatic rings. The maximum absolute atomic E-state index is 12.2. The number of likely N-dealkylation sites (N-methyl/N-ethyl adjacent to an activating group) is 1. The summed E-state index contributed by atoms with van der Waals surface area (Å²) in [6.07, 6.45) is 0.555. The standard InChI is InChI=1S/C15H31N5O3S.HI/c1-6-18-24(22,23)13-7-8-20(11-13)15(16-9-12(2)3)17-10-14(21)19(4)5;/h12-13,18H,6-11H2,1-5H3,(H,16,17);1H. The number of hydrogen-bond acceptors (Lipinski definition) is 4. The molecule has 2 N–H and O–H groups in total. The van der Waals surface area contributed by atoms with Gasteiger partial charge in [-0.05, 0) is 12.3 Å². The summed E-state index contributed by atoms with van der Waals surface area (Å²) in [5.74, 6) is 0.937. The second kappa shape index (κ2) is 11.2. The zero-order chi connectivity index (χ0) is 18.3. The highest BCUT2D eigenvalue weighted by Gasteiger charge is 2.34. The number of carbonyl (C=O) groups excluding carboxylic acids is 1. The van der Waals surface area contributed by atoms with Crippen molar-refractivity contribution in [2.45, 2.75) is 32.4 Å². The Balaban J connectivity index is 0.00000576. The predicted octanol–water partition coefficient (Wildman–Crippen LogP) is 0.308. The smallest absolute Gasteiger partial charge is 0.243 e. The van der Waals surface area contributed by atoms with E-state index in [9.17, 15) is 13.2 Å². The van der Waals surface area contributed by atoms with E-state index in [1.54, 1.807) is 21.0 Å². The average molecular weight is 489 g/mol. The van der Waals surface area contributed by atoms with Crippen molar-refractivity contribution in [1.82, 2.24) is 19.8 Å². The molecule has 148 valence electrons. The Kier molecular flexibility index (Phi) is 10.9. The van der Waals surface area contributed by atoms with Gasteiger partial charge in [0.25, 0.3) is 0 Å². The van der Waals surface area contributed by atoms with E-state index in [-0.39, 0.29) is 36.4 Å². The van der Waals surface area contributed by atoms with Crippen molar-refractivity contribution in [2.75, 3.05) is 46.8 Å². The SMILES string of the molecule is CCNS(=O)(=O)C1CCN(C(=NCC(=O)N(C)C)NCC(C)C)C1.I. The van der Waals surface area contributed by atoms with E-state index < -0.39 is 15.3 Å². The summed E-state index contributed by atoms with van der Waals surface area (Å²) in [6, 6.07) is 0. The number of rotatable bonds is 7. The van der Waals surface area contributed by atoms with Crippen LogP contribution in [0.5, 0.6) is 0 Å². The van der Waals surface area contributed by atoms with Gasteiger partial charge in [0, 0.05) is 40.3 Å². The van der Waals surface area contributed by atoms with Gasteiger partial charge >= 0.3 is 0 Å². The molecule has 1 unspecified atom stereocenters. The second-order valence-corrected chi connectivity index (χ2v) is 8.65. The first kappa shape index (κ1) is 24.4. The van der Waals surface area contributed by atoms with E-state index in [4.69, 9.17) is 0 Å². The van der Waals surface area contributed by atoms with Gasteiger partial charge in [-0.2, -0.15) is 0 Å². The Labute approximate surface area is 168 Å². The first-order valence-corrected chi connectivity index (χ1v) is 9.93. The molecule has 1 aliphatic rings. The first-order valence-electron chi connectivity index (χ1n) is 8.39. The number of guanidine groups is 1. The molecule has 1 amide bonds. The minimum absolute atomic E-state index is 0. The fraction of sp³-hybridized carbons (Fsp3) is 0.867. The quantitative estimate of drug-likeness (QED) is 0.305. The molecule has 1 aliphatic heterocycles. The van der Waals surface area contributed by atoms with Gasteiger partial charge in [-0.25, -0.2) is 18.1 Å². The number of hydrogen-bond donors (Lipinski definition) is 2. The van der Waals surface area contributed by atoms with Gasteiger partial charge in [0.15, 0.2) is 5.96 Å². The summed E-state index contributed by atoms with van der Waals surface area (Å²) >= 11 is 0. The van der Waals surface area contributed by atoms with Gasteiger partial charge in [-0.3, -0.25) is 4.79 Å². The van der Waals surface area contributed by atoms with Crippen LogP contribution in [-0.4, -0.2) is 82.2 Å². The van der Waals surface area contributed by atoms with Gasteiger partial charge in [-0.15, -0.1) is 24.0 Å². The van der Waals surface area contributed by atoms with E-state index in [0.717, 1.165) is 6.54 Å². The monoisotopic (exact) mass is 489 g/mol. The molecule has 0 saturated carbocycles. The lowest BCUT2D eigenvalue weighted by molar-refractivity contribution is -0.127. The summed E-state index contributed by atoms with van der Waals surface area (Å²) in [6.45, 7) is 8.09. The third kappa shape index (κ3) is 8.07. The average Bonchev–Trinajstić information content (AvgIpc) is 2.97. The maximum Gasteiger partial charge on any atom is 0.243 e. The van der Waals surface area contributed by atoms with Gasteiger partial charge < -0.3 is 15.1 Å². The van der Waals surface area contributed by atoms with Gasteiger partial charge in [0.1, 0.15) is 6.54 Å². The Hall–Kier alpha value is -0.620. The van der Waals surface area contributed by atoms with Gasteiger partial charge in [0.05, 0.1) is 5.25 Å². The van der Waals surface area contributed by atoms with Crippen LogP contribution >= 0.6 is 24.0 Å². The van der Waals surface area contributed by atoms with E-state index in [2.05, 4.69) is 28.9 Å². The van der Waals surface area contributed by atoms with E-state index >= 15 is 0 Å². The lowest BCUT2D eigenvalue weighted by atomic mass is 10.2. The number of nitrogens with one attached hydrogen (secondary N) is 2. The molecule has 1 atom stereocenters. The molecule has 8 nitrogen and oxygen atoms in total. The van der Waals surface area contributed by atoms with Crippen molar-refractivity contribution >= 4 is 45.9 Å². The Morgan fingerprint density at radius 1 is 1.36 bits per heavy atom. The molecule has 0 aliphatic carbocycles. The minimum Gasteiger partial charge on any atom is -0.356 e. The fourth-order valence-corrected chi connectivity index (χ4v) is 3.77. The number of likely N-dealkylation sites (tertiary alicyclic amines) is 1. The molecule has 25 heavy (non-hydrogen) atoms. The van der Waals surface area contributed by atoms with E-state index in [1.165, 1.54) is 4.90 Å². The summed E-state index contributed by atoms with van der Waals surface area (Å²) in [4.78, 5) is 19.6. The summed E-state index contributed by atoms with van der Waals surface area (Å²) in [5.41, 5.74) is 0. The molecule has 0 aromatic heterocycles. The number of nitrogens with zero attached hydrogens (tertiary/aromatic N) is 3. The van der Waals surface area contributed by atoms with Crippen LogP contribution in [0.1, 0.15) is 27.2 Å². The molecule has 0 bridgehead atoms. The maximum atomic E-state index is 12.2. The van der Waals surface area contributed by atoms with Crippen LogP contribution < -0.4 is 10.0 Å². The zero-order valence-electron chi connectivity index (χ0n) is 15.8. The van der Waals surface area contributed by atoms with E-state index in [0.29, 0.717) is 37.9 Å². The fourth-order valence-electron chi connectivity index (χ4n) is 2.34. The molecule has 0 aromatic carbocycles. The number of halogens is 1. The normalized spacial score (nSPS) is 18.2. The Morgan fingerprint density at radius 2 is 2.00 bits per heavy atom. The number of carbonyl (C=O) groups is 1. The van der Waals surface area contributed by atoms with Crippen molar-refractivity contribution < 1.29 is 13.2 Å². The van der Waals surface area contributed by atoms with Crippen molar-refractivity contribution in [3.8, 4) is 0 Å². The number of amides is 1. The first-order chi connectivity index (χ1) is 11.2. The Morgan fingerprint density at radius 3 is 2.52 bits per heavy atom. The topological polar surface area (TPSA) is 94.1 Å². The van der Waals surface area contributed by atoms with Crippen LogP contribution in [0.2, 0.25) is 0 Å². The van der Waals surface area contributed by atoms with E-state index in [1.807, 2.05) is 4.90 Å². The number of aliphatic imine (C=N–C) groups is 1. The predicted molar refractivity (Wildman–Crippen MR) is 112 cm³/mol. The Bertz CT molecular complexity index is 551. The lowest BCUT2D eigenvalue weighted by Crippen LogP contribution is -2.44. The van der Waals surface area contributed by atoms with Crippen LogP contribution in [0.25, 0.3) is 0 Å². The molecular formula is C15H32IN5O3S. The molecule has 10 heteroatoms.